The molecule has 0 aliphatic carbocycles. The molecule has 0 spiro atoms. The average Bonchev–Trinajstić information content (AvgIpc) is 2.35. The van der Waals surface area contributed by atoms with Gasteiger partial charge in [-0.3, -0.25) is 4.79 Å². The van der Waals surface area contributed by atoms with E-state index in [0.717, 1.165) is 16.7 Å². The SMILES string of the molecule is COc1ccc2nc(Cl)c(C=CC=O)cc2c1. The minimum absolute atomic E-state index is 0.376. The summed E-state index contributed by atoms with van der Waals surface area (Å²) in [6.07, 6.45) is 3.71. The highest BCUT2D eigenvalue weighted by molar-refractivity contribution is 6.31. The zero-order valence-corrected chi connectivity index (χ0v) is 9.94. The van der Waals surface area contributed by atoms with E-state index in [9.17, 15) is 4.79 Å². The van der Waals surface area contributed by atoms with Gasteiger partial charge >= 0.3 is 0 Å². The number of rotatable bonds is 3. The van der Waals surface area contributed by atoms with Crippen LogP contribution >= 0.6 is 11.6 Å². The Morgan fingerprint density at radius 2 is 2.18 bits per heavy atom. The van der Waals surface area contributed by atoms with E-state index in [1.54, 1.807) is 13.2 Å². The average molecular weight is 248 g/mol. The molecule has 3 nitrogen and oxygen atoms in total. The first-order valence-corrected chi connectivity index (χ1v) is 5.38. The van der Waals surface area contributed by atoms with Crippen LogP contribution in [-0.4, -0.2) is 18.4 Å². The van der Waals surface area contributed by atoms with Crippen LogP contribution in [0.15, 0.2) is 30.3 Å². The van der Waals surface area contributed by atoms with Crippen LogP contribution in [-0.2, 0) is 4.79 Å². The van der Waals surface area contributed by atoms with E-state index in [1.807, 2.05) is 24.3 Å². The van der Waals surface area contributed by atoms with Crippen molar-refractivity contribution in [1.29, 1.82) is 0 Å². The Morgan fingerprint density at radius 3 is 2.88 bits per heavy atom. The number of hydrogen-bond acceptors (Lipinski definition) is 3. The summed E-state index contributed by atoms with van der Waals surface area (Å²) in [6, 6.07) is 7.41. The Morgan fingerprint density at radius 1 is 1.35 bits per heavy atom. The van der Waals surface area contributed by atoms with Gasteiger partial charge in [0.1, 0.15) is 17.2 Å². The monoisotopic (exact) mass is 247 g/mol. The largest absolute Gasteiger partial charge is 0.497 e. The van der Waals surface area contributed by atoms with Crippen LogP contribution in [0.2, 0.25) is 5.15 Å². The van der Waals surface area contributed by atoms with E-state index in [2.05, 4.69) is 4.98 Å². The summed E-state index contributed by atoms with van der Waals surface area (Å²) < 4.78 is 5.14. The number of aldehydes is 1. The number of carbonyl (C=O) groups is 1. The Hall–Kier alpha value is -1.87. The molecule has 0 N–H and O–H groups in total. The first-order chi connectivity index (χ1) is 8.24. The molecule has 0 atom stereocenters. The van der Waals surface area contributed by atoms with E-state index in [-0.39, 0.29) is 0 Å². The van der Waals surface area contributed by atoms with E-state index in [4.69, 9.17) is 16.3 Å². The summed E-state index contributed by atoms with van der Waals surface area (Å²) in [4.78, 5) is 14.5. The molecular formula is C13H10ClNO2. The maximum atomic E-state index is 10.3. The molecule has 0 aliphatic rings. The second kappa shape index (κ2) is 4.97. The predicted octanol–water partition coefficient (Wildman–Crippen LogP) is 3.11. The van der Waals surface area contributed by atoms with E-state index in [0.29, 0.717) is 17.0 Å². The van der Waals surface area contributed by atoms with Crippen molar-refractivity contribution in [2.45, 2.75) is 0 Å². The van der Waals surface area contributed by atoms with Crippen molar-refractivity contribution in [3.05, 3.63) is 41.1 Å². The van der Waals surface area contributed by atoms with Gasteiger partial charge in [0, 0.05) is 10.9 Å². The van der Waals surface area contributed by atoms with Gasteiger partial charge in [-0.2, -0.15) is 0 Å². The smallest absolute Gasteiger partial charge is 0.142 e. The van der Waals surface area contributed by atoms with Crippen LogP contribution in [0, 0.1) is 0 Å². The Balaban J connectivity index is 2.59. The van der Waals surface area contributed by atoms with Gasteiger partial charge < -0.3 is 4.74 Å². The van der Waals surface area contributed by atoms with Crippen molar-refractivity contribution in [2.24, 2.45) is 0 Å². The Labute approximate surface area is 104 Å². The van der Waals surface area contributed by atoms with Gasteiger partial charge in [0.2, 0.25) is 0 Å². The molecule has 0 fully saturated rings. The normalized spacial score (nSPS) is 10.9. The summed E-state index contributed by atoms with van der Waals surface area (Å²) in [5.41, 5.74) is 1.50. The third-order valence-corrected chi connectivity index (χ3v) is 2.66. The molecule has 1 aromatic carbocycles. The molecule has 17 heavy (non-hydrogen) atoms. The molecule has 2 aromatic rings. The van der Waals surface area contributed by atoms with Gasteiger partial charge in [-0.25, -0.2) is 4.98 Å². The summed E-state index contributed by atoms with van der Waals surface area (Å²) >= 11 is 6.00. The van der Waals surface area contributed by atoms with Crippen LogP contribution in [0.4, 0.5) is 0 Å². The third kappa shape index (κ3) is 2.45. The summed E-state index contributed by atoms with van der Waals surface area (Å²) in [6.45, 7) is 0. The first kappa shape index (κ1) is 11.6. The van der Waals surface area contributed by atoms with Gasteiger partial charge in [0.25, 0.3) is 0 Å². The fourth-order valence-electron chi connectivity index (χ4n) is 1.53. The van der Waals surface area contributed by atoms with Crippen molar-refractivity contribution in [2.75, 3.05) is 7.11 Å². The Bertz CT molecular complexity index is 593. The lowest BCUT2D eigenvalue weighted by atomic mass is 10.1. The number of hydrogen-bond donors (Lipinski definition) is 0. The maximum absolute atomic E-state index is 10.3. The highest BCUT2D eigenvalue weighted by atomic mass is 35.5. The quantitative estimate of drug-likeness (QED) is 0.475. The van der Waals surface area contributed by atoms with Crippen molar-refractivity contribution < 1.29 is 9.53 Å². The summed E-state index contributed by atoms with van der Waals surface area (Å²) in [5, 5.41) is 1.29. The lowest BCUT2D eigenvalue weighted by Gasteiger charge is -2.04. The van der Waals surface area contributed by atoms with Crippen LogP contribution in [0.1, 0.15) is 5.56 Å². The third-order valence-electron chi connectivity index (χ3n) is 2.36. The minimum atomic E-state index is 0.376. The van der Waals surface area contributed by atoms with Gasteiger partial charge in [-0.15, -0.1) is 0 Å². The molecular weight excluding hydrogens is 238 g/mol. The van der Waals surface area contributed by atoms with Crippen LogP contribution in [0.3, 0.4) is 0 Å². The van der Waals surface area contributed by atoms with Crippen molar-refractivity contribution in [1.82, 2.24) is 4.98 Å². The highest BCUT2D eigenvalue weighted by Crippen LogP contribution is 2.24. The molecule has 0 saturated heterocycles. The fraction of sp³-hybridized carbons (Fsp3) is 0.0769. The molecule has 0 radical (unpaired) electrons. The maximum Gasteiger partial charge on any atom is 0.142 e. The number of allylic oxidation sites excluding steroid dienone is 1. The summed E-state index contributed by atoms with van der Waals surface area (Å²) in [5.74, 6) is 0.756. The lowest BCUT2D eigenvalue weighted by molar-refractivity contribution is -0.104. The highest BCUT2D eigenvalue weighted by Gasteiger charge is 2.03. The van der Waals surface area contributed by atoms with Crippen LogP contribution < -0.4 is 4.74 Å². The topological polar surface area (TPSA) is 39.2 Å². The molecule has 86 valence electrons. The molecule has 0 aliphatic heterocycles. The van der Waals surface area contributed by atoms with Crippen LogP contribution in [0.5, 0.6) is 5.75 Å². The van der Waals surface area contributed by atoms with Gasteiger partial charge in [-0.05, 0) is 36.4 Å². The molecule has 0 bridgehead atoms. The van der Waals surface area contributed by atoms with Crippen LogP contribution in [0.25, 0.3) is 17.0 Å². The molecule has 0 amide bonds. The van der Waals surface area contributed by atoms with Crippen molar-refractivity contribution in [3.63, 3.8) is 0 Å². The van der Waals surface area contributed by atoms with E-state index < -0.39 is 0 Å². The number of pyridine rings is 1. The van der Waals surface area contributed by atoms with E-state index in [1.165, 1.54) is 6.08 Å². The van der Waals surface area contributed by atoms with Gasteiger partial charge in [-0.1, -0.05) is 11.6 Å². The Kier molecular flexibility index (Phi) is 3.40. The molecule has 1 aromatic heterocycles. The fourth-order valence-corrected chi connectivity index (χ4v) is 1.74. The number of ether oxygens (including phenoxy) is 1. The molecule has 0 unspecified atom stereocenters. The number of methoxy groups -OCH3 is 1. The number of fused-ring (bicyclic) bond motifs is 1. The zero-order chi connectivity index (χ0) is 12.3. The number of nitrogens with zero attached hydrogens (tertiary/aromatic N) is 1. The lowest BCUT2D eigenvalue weighted by Crippen LogP contribution is -1.87. The molecule has 1 heterocycles. The zero-order valence-electron chi connectivity index (χ0n) is 9.18. The van der Waals surface area contributed by atoms with Gasteiger partial charge in [0.15, 0.2) is 0 Å². The molecule has 4 heteroatoms. The second-order valence-electron chi connectivity index (χ2n) is 3.42. The predicted molar refractivity (Wildman–Crippen MR) is 68.4 cm³/mol. The molecule has 0 saturated carbocycles. The van der Waals surface area contributed by atoms with Crippen molar-refractivity contribution in [3.8, 4) is 5.75 Å². The van der Waals surface area contributed by atoms with Gasteiger partial charge in [0.05, 0.1) is 12.6 Å². The number of benzene rings is 1. The number of carbonyl (C=O) groups excluding carboxylic acids is 1. The standard InChI is InChI=1S/C13H10ClNO2/c1-17-11-4-5-12-10(8-11)7-9(3-2-6-16)13(14)15-12/h2-8H,1H3. The number of aromatic nitrogens is 1. The minimum Gasteiger partial charge on any atom is -0.497 e. The van der Waals surface area contributed by atoms with Crippen molar-refractivity contribution >= 4 is 34.9 Å². The summed E-state index contributed by atoms with van der Waals surface area (Å²) in [7, 11) is 1.61. The first-order valence-electron chi connectivity index (χ1n) is 5.00. The second-order valence-corrected chi connectivity index (χ2v) is 3.78. The van der Waals surface area contributed by atoms with E-state index >= 15 is 0 Å². The number of halogens is 1. The molecule has 2 rings (SSSR count).